The lowest BCUT2D eigenvalue weighted by atomic mass is 9.93. The number of nitrogens with zero attached hydrogens (tertiary/aromatic N) is 2. The van der Waals surface area contributed by atoms with E-state index in [-0.39, 0.29) is 24.3 Å². The molecule has 20 heavy (non-hydrogen) atoms. The molecule has 1 aliphatic heterocycles. The van der Waals surface area contributed by atoms with Gasteiger partial charge in [0.25, 0.3) is 0 Å². The van der Waals surface area contributed by atoms with Gasteiger partial charge in [-0.15, -0.1) is 0 Å². The van der Waals surface area contributed by atoms with E-state index in [1.165, 1.54) is 16.2 Å². The van der Waals surface area contributed by atoms with Crippen molar-refractivity contribution in [2.24, 2.45) is 0 Å². The fourth-order valence-electron chi connectivity index (χ4n) is 1.92. The molecule has 1 aliphatic rings. The molecule has 0 N–H and O–H groups in total. The minimum atomic E-state index is -3.73. The van der Waals surface area contributed by atoms with Gasteiger partial charge in [-0.1, -0.05) is 32.1 Å². The predicted octanol–water partition coefficient (Wildman–Crippen LogP) is 2.88. The maximum atomic E-state index is 12.0. The van der Waals surface area contributed by atoms with Crippen LogP contribution in [0.5, 0.6) is 0 Å². The van der Waals surface area contributed by atoms with Gasteiger partial charge >= 0.3 is 0 Å². The smallest absolute Gasteiger partial charge is 0.237 e. The van der Waals surface area contributed by atoms with E-state index >= 15 is 0 Å². The molecule has 0 aliphatic carbocycles. The number of halogens is 2. The Bertz CT molecular complexity index is 651. The van der Waals surface area contributed by atoms with Crippen molar-refractivity contribution in [3.05, 3.63) is 9.48 Å². The second-order valence-electron chi connectivity index (χ2n) is 5.67. The Morgan fingerprint density at radius 3 is 2.45 bits per heavy atom. The van der Waals surface area contributed by atoms with Crippen LogP contribution in [-0.4, -0.2) is 31.1 Å². The fourth-order valence-corrected chi connectivity index (χ4v) is 5.09. The van der Waals surface area contributed by atoms with E-state index < -0.39 is 14.3 Å². The maximum Gasteiger partial charge on any atom is 0.237 e. The van der Waals surface area contributed by atoms with Crippen molar-refractivity contribution >= 4 is 58.0 Å². The van der Waals surface area contributed by atoms with Gasteiger partial charge in [0, 0.05) is 29.1 Å². The van der Waals surface area contributed by atoms with Crippen LogP contribution in [0.1, 0.15) is 32.9 Å². The van der Waals surface area contributed by atoms with E-state index in [4.69, 9.17) is 10.7 Å². The number of anilines is 1. The Labute approximate surface area is 134 Å². The number of aromatic nitrogens is 1. The standard InChI is InChI=1S/C11H14BrClN2O3S2/c1-11(2,3)8-9(12)19-10(14-8)15-5-6(4-7(15)16)20(13,17)18/h6H,4-5H2,1-3H3. The van der Waals surface area contributed by atoms with Gasteiger partial charge in [-0.2, -0.15) is 0 Å². The summed E-state index contributed by atoms with van der Waals surface area (Å²) in [6.45, 7) is 6.13. The first kappa shape index (κ1) is 16.2. The van der Waals surface area contributed by atoms with Gasteiger partial charge in [0.2, 0.25) is 15.0 Å². The lowest BCUT2D eigenvalue weighted by Gasteiger charge is -2.16. The lowest BCUT2D eigenvalue weighted by Crippen LogP contribution is -2.26. The molecule has 2 heterocycles. The number of hydrogen-bond donors (Lipinski definition) is 0. The van der Waals surface area contributed by atoms with Crippen LogP contribution in [0.3, 0.4) is 0 Å². The molecule has 1 aromatic rings. The molecule has 1 saturated heterocycles. The summed E-state index contributed by atoms with van der Waals surface area (Å²) in [6.07, 6.45) is -0.0894. The number of hydrogen-bond acceptors (Lipinski definition) is 5. The van der Waals surface area contributed by atoms with Gasteiger partial charge < -0.3 is 0 Å². The van der Waals surface area contributed by atoms with Crippen molar-refractivity contribution in [1.29, 1.82) is 0 Å². The van der Waals surface area contributed by atoms with Crippen molar-refractivity contribution in [2.75, 3.05) is 11.4 Å². The molecule has 1 unspecified atom stereocenters. The zero-order chi connectivity index (χ0) is 15.3. The molecule has 0 saturated carbocycles. The minimum absolute atomic E-state index is 0.0637. The van der Waals surface area contributed by atoms with Crippen LogP contribution >= 0.6 is 37.9 Å². The largest absolute Gasteiger partial charge is 0.287 e. The van der Waals surface area contributed by atoms with Crippen LogP contribution < -0.4 is 4.90 Å². The van der Waals surface area contributed by atoms with Crippen molar-refractivity contribution in [1.82, 2.24) is 4.98 Å². The van der Waals surface area contributed by atoms with E-state index in [1.807, 2.05) is 20.8 Å². The van der Waals surface area contributed by atoms with E-state index in [0.29, 0.717) is 5.13 Å². The summed E-state index contributed by atoms with van der Waals surface area (Å²) < 4.78 is 23.5. The maximum absolute atomic E-state index is 12.0. The summed E-state index contributed by atoms with van der Waals surface area (Å²) in [5.74, 6) is -0.263. The Hall–Kier alpha value is -0.180. The highest BCUT2D eigenvalue weighted by atomic mass is 79.9. The number of carbonyl (C=O) groups excluding carboxylic acids is 1. The molecule has 2 rings (SSSR count). The average molecular weight is 402 g/mol. The number of rotatable bonds is 2. The molecule has 112 valence electrons. The highest BCUT2D eigenvalue weighted by Gasteiger charge is 2.39. The van der Waals surface area contributed by atoms with Crippen LogP contribution in [0.25, 0.3) is 0 Å². The van der Waals surface area contributed by atoms with Gasteiger partial charge in [0.05, 0.1) is 9.48 Å². The monoisotopic (exact) mass is 400 g/mol. The highest BCUT2D eigenvalue weighted by Crippen LogP contribution is 2.39. The first-order valence-corrected chi connectivity index (χ1v) is 9.89. The molecule has 1 aromatic heterocycles. The summed E-state index contributed by atoms with van der Waals surface area (Å²) in [5, 5.41) is -0.355. The Morgan fingerprint density at radius 2 is 2.05 bits per heavy atom. The average Bonchev–Trinajstić information content (AvgIpc) is 2.79. The fraction of sp³-hybridized carbons (Fsp3) is 0.636. The summed E-state index contributed by atoms with van der Waals surface area (Å²) in [5.41, 5.74) is 0.691. The van der Waals surface area contributed by atoms with Crippen molar-refractivity contribution in [3.8, 4) is 0 Å². The third-order valence-corrected chi connectivity index (χ3v) is 6.60. The van der Waals surface area contributed by atoms with Crippen LogP contribution in [0.15, 0.2) is 3.79 Å². The molecule has 9 heteroatoms. The summed E-state index contributed by atoms with van der Waals surface area (Å²) >= 11 is 4.78. The Kier molecular flexibility index (Phi) is 4.23. The predicted molar refractivity (Wildman–Crippen MR) is 84.0 cm³/mol. The Morgan fingerprint density at radius 1 is 1.45 bits per heavy atom. The molecule has 1 fully saturated rings. The molecular formula is C11H14BrClN2O3S2. The van der Waals surface area contributed by atoms with E-state index in [9.17, 15) is 13.2 Å². The first-order valence-electron chi connectivity index (χ1n) is 5.91. The molecule has 0 spiro atoms. The van der Waals surface area contributed by atoms with Crippen molar-refractivity contribution in [3.63, 3.8) is 0 Å². The summed E-state index contributed by atoms with van der Waals surface area (Å²) in [6, 6.07) is 0. The zero-order valence-corrected chi connectivity index (χ0v) is 15.2. The third kappa shape index (κ3) is 3.18. The molecule has 0 bridgehead atoms. The molecule has 1 atom stereocenters. The minimum Gasteiger partial charge on any atom is -0.287 e. The van der Waals surface area contributed by atoms with Crippen LogP contribution in [0, 0.1) is 0 Å². The van der Waals surface area contributed by atoms with Crippen molar-refractivity contribution in [2.45, 2.75) is 37.9 Å². The molecule has 0 aromatic carbocycles. The SMILES string of the molecule is CC(C)(C)c1nc(N2CC(S(=O)(=O)Cl)CC2=O)sc1Br. The molecule has 5 nitrogen and oxygen atoms in total. The van der Waals surface area contributed by atoms with E-state index in [2.05, 4.69) is 20.9 Å². The topological polar surface area (TPSA) is 67.3 Å². The second-order valence-corrected chi connectivity index (χ2v) is 10.9. The summed E-state index contributed by atoms with van der Waals surface area (Å²) in [4.78, 5) is 17.8. The van der Waals surface area contributed by atoms with E-state index in [0.717, 1.165) is 9.48 Å². The number of carbonyl (C=O) groups is 1. The molecular weight excluding hydrogens is 388 g/mol. The lowest BCUT2D eigenvalue weighted by molar-refractivity contribution is -0.117. The van der Waals surface area contributed by atoms with Gasteiger partial charge in [-0.3, -0.25) is 9.69 Å². The number of amides is 1. The quantitative estimate of drug-likeness (QED) is 0.715. The van der Waals surface area contributed by atoms with Crippen LogP contribution in [-0.2, 0) is 19.3 Å². The molecule has 0 radical (unpaired) electrons. The summed E-state index contributed by atoms with van der Waals surface area (Å²) in [7, 11) is 1.60. The van der Waals surface area contributed by atoms with Crippen molar-refractivity contribution < 1.29 is 13.2 Å². The zero-order valence-electron chi connectivity index (χ0n) is 11.2. The number of thiazole rings is 1. The second kappa shape index (κ2) is 5.23. The van der Waals surface area contributed by atoms with E-state index in [1.54, 1.807) is 0 Å². The highest BCUT2D eigenvalue weighted by molar-refractivity contribution is 9.11. The first-order chi connectivity index (χ1) is 9.00. The van der Waals surface area contributed by atoms with Gasteiger partial charge in [-0.05, 0) is 15.9 Å². The van der Waals surface area contributed by atoms with Gasteiger partial charge in [0.15, 0.2) is 5.13 Å². The Balaban J connectivity index is 2.32. The van der Waals surface area contributed by atoms with Crippen LogP contribution in [0.2, 0.25) is 0 Å². The third-order valence-electron chi connectivity index (χ3n) is 3.00. The van der Waals surface area contributed by atoms with Crippen LogP contribution in [0.4, 0.5) is 5.13 Å². The molecule has 1 amide bonds. The normalized spacial score (nSPS) is 20.8. The van der Waals surface area contributed by atoms with Gasteiger partial charge in [0.1, 0.15) is 5.25 Å². The van der Waals surface area contributed by atoms with Gasteiger partial charge in [-0.25, -0.2) is 13.4 Å².